The van der Waals surface area contributed by atoms with E-state index in [1.54, 1.807) is 12.1 Å². The van der Waals surface area contributed by atoms with E-state index in [1.165, 1.54) is 17.6 Å². The van der Waals surface area contributed by atoms with Crippen LogP contribution in [0.1, 0.15) is 62.2 Å². The number of fused-ring (bicyclic) bond motifs is 5. The van der Waals surface area contributed by atoms with Gasteiger partial charge < -0.3 is 9.47 Å². The van der Waals surface area contributed by atoms with Gasteiger partial charge in [-0.3, -0.25) is 4.79 Å². The third-order valence-corrected chi connectivity index (χ3v) is 8.52. The molecule has 0 saturated heterocycles. The highest BCUT2D eigenvalue weighted by Gasteiger charge is 2.63. The summed E-state index contributed by atoms with van der Waals surface area (Å²) < 4.78 is 12.4. The average Bonchev–Trinajstić information content (AvgIpc) is 3.49. The summed E-state index contributed by atoms with van der Waals surface area (Å²) in [6.07, 6.45) is 12.4. The number of benzene rings is 1. The summed E-state index contributed by atoms with van der Waals surface area (Å²) in [6.45, 7) is 6.01. The largest absolute Gasteiger partial charge is 0.458 e. The zero-order valence-electron chi connectivity index (χ0n) is 19.5. The first-order chi connectivity index (χ1) is 16.1. The highest BCUT2D eigenvalue weighted by atomic mass is 16.6. The van der Waals surface area contributed by atoms with Crippen LogP contribution in [0.25, 0.3) is 0 Å². The molecule has 3 saturated carbocycles. The molecule has 2 bridgehead atoms. The van der Waals surface area contributed by atoms with Crippen LogP contribution < -0.4 is 0 Å². The van der Waals surface area contributed by atoms with Crippen LogP contribution in [0.4, 0.5) is 0 Å². The second kappa shape index (κ2) is 9.32. The van der Waals surface area contributed by atoms with E-state index in [0.717, 1.165) is 38.5 Å². The molecule has 3 fully saturated rings. The molecule has 6 atom stereocenters. The van der Waals surface area contributed by atoms with Crippen molar-refractivity contribution in [2.45, 2.75) is 64.1 Å². The van der Waals surface area contributed by atoms with Gasteiger partial charge in [-0.15, -0.1) is 0 Å². The summed E-state index contributed by atoms with van der Waals surface area (Å²) in [7, 11) is 0. The van der Waals surface area contributed by atoms with Crippen LogP contribution in [-0.4, -0.2) is 24.1 Å². The average molecular weight is 447 g/mol. The van der Waals surface area contributed by atoms with Gasteiger partial charge in [0, 0.05) is 11.8 Å². The minimum Gasteiger partial charge on any atom is -0.458 e. The van der Waals surface area contributed by atoms with Gasteiger partial charge in [0.15, 0.2) is 0 Å². The van der Waals surface area contributed by atoms with Crippen LogP contribution in [0.5, 0.6) is 0 Å². The molecule has 174 valence electrons. The molecular formula is C29H34O4. The summed E-state index contributed by atoms with van der Waals surface area (Å²) in [5.41, 5.74) is 3.29. The Bertz CT molecular complexity index is 969. The standard InChI is InChI=1S/C29H34O4/c1-3-4-11-21-16-22-23-17-24(25(22)18(21)2)27(33-29(31)20-14-9-6-10-15-20)26(23)32-28(30)19-12-7-5-8-13-19/h3-4,6,9-11,14-15,19,22-27H,1,5,7-8,12-13,16-17H2,2H3/b11-4-/t22?,23-,24?,25?,26?,27?/m0/s1. The van der Waals surface area contributed by atoms with Crippen LogP contribution in [-0.2, 0) is 14.3 Å². The molecule has 0 amide bonds. The molecule has 4 heteroatoms. The Hall–Kier alpha value is -2.62. The van der Waals surface area contributed by atoms with Crippen LogP contribution >= 0.6 is 0 Å². The number of hydrogen-bond donors (Lipinski definition) is 0. The first-order valence-corrected chi connectivity index (χ1v) is 12.5. The highest BCUT2D eigenvalue weighted by Crippen LogP contribution is 2.62. The molecule has 0 spiro atoms. The predicted molar refractivity (Wildman–Crippen MR) is 127 cm³/mol. The number of carbonyl (C=O) groups excluding carboxylic acids is 2. The summed E-state index contributed by atoms with van der Waals surface area (Å²) >= 11 is 0. The van der Waals surface area contributed by atoms with Gasteiger partial charge >= 0.3 is 11.9 Å². The lowest BCUT2D eigenvalue weighted by Crippen LogP contribution is -2.46. The number of carbonyl (C=O) groups is 2. The molecular weight excluding hydrogens is 412 g/mol. The van der Waals surface area contributed by atoms with E-state index in [-0.39, 0.29) is 41.9 Å². The smallest absolute Gasteiger partial charge is 0.338 e. The zero-order valence-corrected chi connectivity index (χ0v) is 19.5. The number of hydrogen-bond acceptors (Lipinski definition) is 4. The summed E-state index contributed by atoms with van der Waals surface area (Å²) in [5, 5.41) is 0. The van der Waals surface area contributed by atoms with Crippen LogP contribution in [0.3, 0.4) is 0 Å². The molecule has 0 aromatic heterocycles. The SMILES string of the molecule is C=C/C=C\C1=C(C)C2C3C[C@@H](C2C1)C(OC(=O)C1CCCCC1)C3OC(=O)c1ccccc1. The zero-order chi connectivity index (χ0) is 22.9. The molecule has 0 radical (unpaired) electrons. The van der Waals surface area contributed by atoms with Crippen molar-refractivity contribution < 1.29 is 19.1 Å². The summed E-state index contributed by atoms with van der Waals surface area (Å²) in [6, 6.07) is 9.13. The fourth-order valence-electron chi connectivity index (χ4n) is 7.00. The molecule has 5 rings (SSSR count). The van der Waals surface area contributed by atoms with Gasteiger partial charge in [0.25, 0.3) is 0 Å². The lowest BCUT2D eigenvalue weighted by Gasteiger charge is -2.38. The van der Waals surface area contributed by atoms with Crippen molar-refractivity contribution in [3.05, 3.63) is 71.8 Å². The van der Waals surface area contributed by atoms with E-state index >= 15 is 0 Å². The first kappa shape index (κ1) is 22.2. The normalized spacial score (nSPS) is 33.4. The molecule has 1 aromatic carbocycles. The molecule has 5 unspecified atom stereocenters. The van der Waals surface area contributed by atoms with Gasteiger partial charge in [-0.1, -0.05) is 67.8 Å². The van der Waals surface area contributed by atoms with Crippen molar-refractivity contribution in [2.24, 2.45) is 29.6 Å². The van der Waals surface area contributed by atoms with Crippen molar-refractivity contribution >= 4 is 11.9 Å². The Morgan fingerprint density at radius 2 is 1.70 bits per heavy atom. The molecule has 1 aromatic rings. The first-order valence-electron chi connectivity index (χ1n) is 12.5. The maximum Gasteiger partial charge on any atom is 0.338 e. The monoisotopic (exact) mass is 446 g/mol. The minimum atomic E-state index is -0.380. The van der Waals surface area contributed by atoms with Crippen LogP contribution in [0.2, 0.25) is 0 Å². The third kappa shape index (κ3) is 4.09. The number of allylic oxidation sites excluding steroid dienone is 5. The maximum absolute atomic E-state index is 13.1. The van der Waals surface area contributed by atoms with Crippen molar-refractivity contribution in [2.75, 3.05) is 0 Å². The molecule has 0 N–H and O–H groups in total. The molecule has 4 nitrogen and oxygen atoms in total. The van der Waals surface area contributed by atoms with Crippen molar-refractivity contribution in [3.63, 3.8) is 0 Å². The van der Waals surface area contributed by atoms with Crippen molar-refractivity contribution in [1.29, 1.82) is 0 Å². The predicted octanol–water partition coefficient (Wildman–Crippen LogP) is 6.05. The van der Waals surface area contributed by atoms with E-state index in [1.807, 2.05) is 30.4 Å². The molecule has 33 heavy (non-hydrogen) atoms. The molecule has 0 aliphatic heterocycles. The van der Waals surface area contributed by atoms with Crippen LogP contribution in [0.15, 0.2) is 66.3 Å². The summed E-state index contributed by atoms with van der Waals surface area (Å²) in [5.74, 6) is 0.868. The number of esters is 2. The molecule has 4 aliphatic carbocycles. The Balaban J connectivity index is 1.39. The Morgan fingerprint density at radius 3 is 2.42 bits per heavy atom. The lowest BCUT2D eigenvalue weighted by atomic mass is 9.76. The van der Waals surface area contributed by atoms with Gasteiger partial charge in [0.1, 0.15) is 12.2 Å². The Morgan fingerprint density at radius 1 is 0.970 bits per heavy atom. The second-order valence-electron chi connectivity index (χ2n) is 10.2. The minimum absolute atomic E-state index is 0.00586. The van der Waals surface area contributed by atoms with E-state index < -0.39 is 0 Å². The van der Waals surface area contributed by atoms with Crippen LogP contribution in [0, 0.1) is 29.6 Å². The topological polar surface area (TPSA) is 52.6 Å². The van der Waals surface area contributed by atoms with E-state index in [9.17, 15) is 9.59 Å². The Kier molecular flexibility index (Phi) is 6.27. The molecule has 4 aliphatic rings. The van der Waals surface area contributed by atoms with Gasteiger partial charge in [0.2, 0.25) is 0 Å². The van der Waals surface area contributed by atoms with Crippen molar-refractivity contribution in [3.8, 4) is 0 Å². The third-order valence-electron chi connectivity index (χ3n) is 8.52. The number of ether oxygens (including phenoxy) is 2. The fourth-order valence-corrected chi connectivity index (χ4v) is 7.00. The van der Waals surface area contributed by atoms with E-state index in [2.05, 4.69) is 19.6 Å². The Labute approximate surface area is 196 Å². The van der Waals surface area contributed by atoms with Gasteiger partial charge in [-0.05, 0) is 62.1 Å². The summed E-state index contributed by atoms with van der Waals surface area (Å²) in [4.78, 5) is 26.1. The van der Waals surface area contributed by atoms with Gasteiger partial charge in [-0.25, -0.2) is 4.79 Å². The lowest BCUT2D eigenvalue weighted by molar-refractivity contribution is -0.168. The quantitative estimate of drug-likeness (QED) is 0.394. The van der Waals surface area contributed by atoms with Gasteiger partial charge in [0.05, 0.1) is 11.5 Å². The van der Waals surface area contributed by atoms with E-state index in [0.29, 0.717) is 17.4 Å². The second-order valence-corrected chi connectivity index (χ2v) is 10.2. The fraction of sp³-hybridized carbons (Fsp3) is 0.517. The highest BCUT2D eigenvalue weighted by molar-refractivity contribution is 5.89. The molecule has 0 heterocycles. The van der Waals surface area contributed by atoms with E-state index in [4.69, 9.17) is 9.47 Å². The maximum atomic E-state index is 13.1. The van der Waals surface area contributed by atoms with Crippen molar-refractivity contribution in [1.82, 2.24) is 0 Å². The number of rotatable bonds is 6. The van der Waals surface area contributed by atoms with Gasteiger partial charge in [-0.2, -0.15) is 0 Å².